The predicted octanol–water partition coefficient (Wildman–Crippen LogP) is 1.67. The Morgan fingerprint density at radius 3 is 2.37 bits per heavy atom. The predicted molar refractivity (Wildman–Crippen MR) is 127 cm³/mol. The van der Waals surface area contributed by atoms with E-state index in [-0.39, 0.29) is 21.8 Å². The highest BCUT2D eigenvalue weighted by atomic mass is 32.2. The third kappa shape index (κ3) is 5.03. The van der Waals surface area contributed by atoms with Crippen LogP contribution < -0.4 is 0 Å². The van der Waals surface area contributed by atoms with Gasteiger partial charge < -0.3 is 19.2 Å². The van der Waals surface area contributed by atoms with Gasteiger partial charge in [-0.3, -0.25) is 14.5 Å². The highest BCUT2D eigenvalue weighted by Gasteiger charge is 2.47. The van der Waals surface area contributed by atoms with Gasteiger partial charge in [-0.1, -0.05) is 0 Å². The van der Waals surface area contributed by atoms with E-state index in [9.17, 15) is 23.1 Å². The van der Waals surface area contributed by atoms with E-state index in [0.717, 1.165) is 23.9 Å². The summed E-state index contributed by atoms with van der Waals surface area (Å²) >= 11 is 0. The Morgan fingerprint density at radius 2 is 1.77 bits per heavy atom. The van der Waals surface area contributed by atoms with Crippen LogP contribution in [0.15, 0.2) is 57.5 Å². The number of hydrogen-bond donors (Lipinski definition) is 1. The molecule has 1 amide bonds. The second-order valence-electron chi connectivity index (χ2n) is 8.63. The number of furan rings is 1. The van der Waals surface area contributed by atoms with Crippen LogP contribution in [0.1, 0.15) is 23.8 Å². The van der Waals surface area contributed by atoms with Gasteiger partial charge >= 0.3 is 0 Å². The summed E-state index contributed by atoms with van der Waals surface area (Å²) in [7, 11) is -0.806. The van der Waals surface area contributed by atoms with Crippen LogP contribution in [0.25, 0.3) is 5.76 Å². The third-order valence-electron chi connectivity index (χ3n) is 6.24. The lowest BCUT2D eigenvalue weighted by molar-refractivity contribution is -0.140. The van der Waals surface area contributed by atoms with Crippen molar-refractivity contribution in [2.24, 2.45) is 0 Å². The SMILES string of the molecule is CN(C)S(=O)(=O)c1ccc(C(O)=C2C(=O)C(=O)N(CCCN3CCOCC3)[C@@H]2c2ccco2)cc1. The lowest BCUT2D eigenvalue weighted by Crippen LogP contribution is -2.38. The highest BCUT2D eigenvalue weighted by Crippen LogP contribution is 2.39. The van der Waals surface area contributed by atoms with Crippen LogP contribution in [0, 0.1) is 0 Å². The molecule has 0 radical (unpaired) electrons. The van der Waals surface area contributed by atoms with Crippen molar-refractivity contribution in [3.05, 3.63) is 59.6 Å². The van der Waals surface area contributed by atoms with Gasteiger partial charge in [0, 0.05) is 45.8 Å². The lowest BCUT2D eigenvalue weighted by Gasteiger charge is -2.28. The van der Waals surface area contributed by atoms with Crippen molar-refractivity contribution in [1.29, 1.82) is 0 Å². The molecule has 2 aliphatic heterocycles. The summed E-state index contributed by atoms with van der Waals surface area (Å²) in [6.07, 6.45) is 2.09. The van der Waals surface area contributed by atoms with Gasteiger partial charge in [-0.25, -0.2) is 12.7 Å². The van der Waals surface area contributed by atoms with Crippen molar-refractivity contribution >= 4 is 27.5 Å². The molecule has 0 bridgehead atoms. The molecule has 2 fully saturated rings. The quantitative estimate of drug-likeness (QED) is 0.328. The van der Waals surface area contributed by atoms with Gasteiger partial charge in [0.25, 0.3) is 11.7 Å². The average Bonchev–Trinajstić information content (AvgIpc) is 3.47. The lowest BCUT2D eigenvalue weighted by atomic mass is 9.99. The summed E-state index contributed by atoms with van der Waals surface area (Å²) in [6, 6.07) is 7.97. The zero-order valence-electron chi connectivity index (χ0n) is 19.7. The molecule has 1 N–H and O–H groups in total. The van der Waals surface area contributed by atoms with E-state index in [1.165, 1.54) is 49.5 Å². The molecule has 2 aromatic rings. The van der Waals surface area contributed by atoms with Crippen LogP contribution in [-0.2, 0) is 24.3 Å². The van der Waals surface area contributed by atoms with Crippen LogP contribution in [0.3, 0.4) is 0 Å². The number of amides is 1. The summed E-state index contributed by atoms with van der Waals surface area (Å²) in [5.41, 5.74) is 0.144. The van der Waals surface area contributed by atoms with E-state index in [1.54, 1.807) is 12.1 Å². The summed E-state index contributed by atoms with van der Waals surface area (Å²) < 4.78 is 36.7. The fourth-order valence-corrected chi connectivity index (χ4v) is 5.20. The molecule has 35 heavy (non-hydrogen) atoms. The number of rotatable bonds is 8. The van der Waals surface area contributed by atoms with Gasteiger partial charge in [-0.2, -0.15) is 0 Å². The highest BCUT2D eigenvalue weighted by molar-refractivity contribution is 7.89. The number of carbonyl (C=O) groups excluding carboxylic acids is 2. The normalized spacial score (nSPS) is 21.2. The topological polar surface area (TPSA) is 121 Å². The number of morpholine rings is 1. The van der Waals surface area contributed by atoms with Crippen molar-refractivity contribution in [3.63, 3.8) is 0 Å². The molecule has 1 aromatic carbocycles. The number of ketones is 1. The van der Waals surface area contributed by atoms with Gasteiger partial charge in [0.05, 0.1) is 29.9 Å². The molecule has 2 aliphatic rings. The summed E-state index contributed by atoms with van der Waals surface area (Å²) in [5, 5.41) is 11.1. The Morgan fingerprint density at radius 1 is 1.09 bits per heavy atom. The molecule has 11 heteroatoms. The second-order valence-corrected chi connectivity index (χ2v) is 10.8. The maximum atomic E-state index is 13.0. The maximum absolute atomic E-state index is 13.0. The largest absolute Gasteiger partial charge is 0.507 e. The minimum absolute atomic E-state index is 0.0465. The summed E-state index contributed by atoms with van der Waals surface area (Å²) in [5.74, 6) is -1.53. The number of likely N-dealkylation sites (tertiary alicyclic amines) is 1. The zero-order chi connectivity index (χ0) is 25.2. The number of Topliss-reactive ketones (excluding diaryl/α,β-unsaturated/α-hetero) is 1. The van der Waals surface area contributed by atoms with Gasteiger partial charge in [0.2, 0.25) is 10.0 Å². The number of aliphatic hydroxyl groups excluding tert-OH is 1. The smallest absolute Gasteiger partial charge is 0.295 e. The number of aliphatic hydroxyl groups is 1. The molecule has 188 valence electrons. The van der Waals surface area contributed by atoms with E-state index in [0.29, 0.717) is 31.9 Å². The Bertz CT molecular complexity index is 1200. The molecule has 0 spiro atoms. The molecule has 4 rings (SSSR count). The first-order chi connectivity index (χ1) is 16.7. The Hall–Kier alpha value is -2.99. The molecular weight excluding hydrogens is 474 g/mol. The molecule has 2 saturated heterocycles. The average molecular weight is 504 g/mol. The number of ether oxygens (including phenoxy) is 1. The van der Waals surface area contributed by atoms with E-state index >= 15 is 0 Å². The first-order valence-electron chi connectivity index (χ1n) is 11.4. The molecule has 0 aliphatic carbocycles. The second kappa shape index (κ2) is 10.3. The number of sulfonamides is 1. The van der Waals surface area contributed by atoms with Gasteiger partial charge in [0.1, 0.15) is 17.6 Å². The van der Waals surface area contributed by atoms with Crippen molar-refractivity contribution in [2.45, 2.75) is 17.4 Å². The van der Waals surface area contributed by atoms with E-state index in [2.05, 4.69) is 4.90 Å². The molecular formula is C24H29N3O7S. The van der Waals surface area contributed by atoms with E-state index < -0.39 is 27.8 Å². The Labute approximate surface area is 204 Å². The zero-order valence-corrected chi connectivity index (χ0v) is 20.5. The fraction of sp³-hybridized carbons (Fsp3) is 0.417. The van der Waals surface area contributed by atoms with Crippen molar-refractivity contribution in [3.8, 4) is 0 Å². The maximum Gasteiger partial charge on any atom is 0.295 e. The van der Waals surface area contributed by atoms with Gasteiger partial charge in [-0.15, -0.1) is 0 Å². The minimum Gasteiger partial charge on any atom is -0.507 e. The van der Waals surface area contributed by atoms with Crippen LogP contribution in [-0.4, -0.2) is 92.8 Å². The number of hydrogen-bond acceptors (Lipinski definition) is 8. The van der Waals surface area contributed by atoms with Crippen molar-refractivity contribution in [1.82, 2.24) is 14.1 Å². The van der Waals surface area contributed by atoms with Crippen molar-refractivity contribution in [2.75, 3.05) is 53.5 Å². The monoisotopic (exact) mass is 503 g/mol. The number of nitrogens with zero attached hydrogens (tertiary/aromatic N) is 3. The van der Waals surface area contributed by atoms with Crippen LogP contribution >= 0.6 is 0 Å². The standard InChI is InChI=1S/C24H29N3O7S/c1-25(2)35(31,32)18-8-6-17(7-9-18)22(28)20-21(19-5-3-14-34-19)27(24(30)23(20)29)11-4-10-26-12-15-33-16-13-26/h3,5-9,14,21,28H,4,10-13,15-16H2,1-2H3/t21-/m1/s1. The summed E-state index contributed by atoms with van der Waals surface area (Å²) in [4.78, 5) is 29.7. The van der Waals surface area contributed by atoms with Gasteiger partial charge in [0.15, 0.2) is 0 Å². The van der Waals surface area contributed by atoms with Crippen LogP contribution in [0.4, 0.5) is 0 Å². The molecule has 3 heterocycles. The fourth-order valence-electron chi connectivity index (χ4n) is 4.29. The Kier molecular flexibility index (Phi) is 7.41. The van der Waals surface area contributed by atoms with Crippen LogP contribution in [0.2, 0.25) is 0 Å². The minimum atomic E-state index is -3.65. The van der Waals surface area contributed by atoms with E-state index in [1.807, 2.05) is 0 Å². The molecule has 1 aromatic heterocycles. The number of carbonyl (C=O) groups is 2. The first-order valence-corrected chi connectivity index (χ1v) is 12.8. The summed E-state index contributed by atoms with van der Waals surface area (Å²) in [6.45, 7) is 4.04. The number of benzene rings is 1. The third-order valence-corrected chi connectivity index (χ3v) is 8.07. The van der Waals surface area contributed by atoms with Crippen molar-refractivity contribution < 1.29 is 32.3 Å². The molecule has 0 unspecified atom stereocenters. The van der Waals surface area contributed by atoms with Crippen LogP contribution in [0.5, 0.6) is 0 Å². The Balaban J connectivity index is 1.63. The molecule has 1 atom stereocenters. The molecule has 10 nitrogen and oxygen atoms in total. The molecule has 0 saturated carbocycles. The van der Waals surface area contributed by atoms with Gasteiger partial charge in [-0.05, 0) is 42.8 Å². The van der Waals surface area contributed by atoms with E-state index in [4.69, 9.17) is 9.15 Å². The first kappa shape index (κ1) is 25.1.